The minimum absolute atomic E-state index is 0.00777. The summed E-state index contributed by atoms with van der Waals surface area (Å²) in [7, 11) is 3.38. The van der Waals surface area contributed by atoms with Gasteiger partial charge in [-0.1, -0.05) is 0 Å². The number of halogens is 3. The molecular formula is C11H11F3N6. The van der Waals surface area contributed by atoms with Gasteiger partial charge in [0.25, 0.3) is 0 Å². The first-order valence-corrected chi connectivity index (χ1v) is 5.47. The fraction of sp³-hybridized carbons (Fsp3) is 0.182. The van der Waals surface area contributed by atoms with Crippen molar-refractivity contribution in [1.29, 1.82) is 0 Å². The first kappa shape index (κ1) is 13.8. The lowest BCUT2D eigenvalue weighted by molar-refractivity contribution is 0.448. The molecule has 0 saturated heterocycles. The van der Waals surface area contributed by atoms with Gasteiger partial charge in [0, 0.05) is 31.9 Å². The van der Waals surface area contributed by atoms with Crippen LogP contribution in [0, 0.1) is 17.5 Å². The minimum Gasteiger partial charge on any atom is -0.368 e. The lowest BCUT2D eigenvalue weighted by Crippen LogP contribution is -2.15. The van der Waals surface area contributed by atoms with Gasteiger partial charge in [0.1, 0.15) is 0 Å². The molecule has 0 spiro atoms. The fourth-order valence-corrected chi connectivity index (χ4v) is 1.39. The largest absolute Gasteiger partial charge is 0.368 e. The average Bonchev–Trinajstić information content (AvgIpc) is 2.35. The Kier molecular flexibility index (Phi) is 3.59. The number of anilines is 4. The molecular weight excluding hydrogens is 273 g/mol. The summed E-state index contributed by atoms with van der Waals surface area (Å²) in [5.41, 5.74) is 5.45. The van der Waals surface area contributed by atoms with Crippen LogP contribution in [0.2, 0.25) is 0 Å². The number of hydrogen-bond donors (Lipinski definition) is 2. The molecule has 20 heavy (non-hydrogen) atoms. The van der Waals surface area contributed by atoms with E-state index in [0.717, 1.165) is 12.1 Å². The SMILES string of the molecule is CN(C)c1nc(N)nc(Nc2cc(F)c(F)c(F)c2)n1. The average molecular weight is 284 g/mol. The zero-order chi connectivity index (χ0) is 14.9. The molecule has 0 bridgehead atoms. The van der Waals surface area contributed by atoms with E-state index in [-0.39, 0.29) is 23.5 Å². The summed E-state index contributed by atoms with van der Waals surface area (Å²) >= 11 is 0. The highest BCUT2D eigenvalue weighted by molar-refractivity contribution is 5.55. The third-order valence-corrected chi connectivity index (χ3v) is 2.28. The molecule has 1 heterocycles. The van der Waals surface area contributed by atoms with E-state index in [0.29, 0.717) is 0 Å². The molecule has 0 atom stereocenters. The van der Waals surface area contributed by atoms with Crippen LogP contribution in [-0.2, 0) is 0 Å². The Morgan fingerprint density at radius 1 is 1.05 bits per heavy atom. The molecule has 0 saturated carbocycles. The number of aromatic nitrogens is 3. The number of nitrogens with one attached hydrogen (secondary N) is 1. The lowest BCUT2D eigenvalue weighted by Gasteiger charge is -2.12. The van der Waals surface area contributed by atoms with Gasteiger partial charge in [-0.2, -0.15) is 15.0 Å². The maximum absolute atomic E-state index is 13.1. The monoisotopic (exact) mass is 284 g/mol. The van der Waals surface area contributed by atoms with Crippen LogP contribution in [0.5, 0.6) is 0 Å². The quantitative estimate of drug-likeness (QED) is 0.835. The van der Waals surface area contributed by atoms with Crippen LogP contribution in [0.3, 0.4) is 0 Å². The third kappa shape index (κ3) is 2.87. The highest BCUT2D eigenvalue weighted by atomic mass is 19.2. The van der Waals surface area contributed by atoms with Gasteiger partial charge < -0.3 is 16.0 Å². The van der Waals surface area contributed by atoms with Crippen molar-refractivity contribution < 1.29 is 13.2 Å². The number of rotatable bonds is 3. The Hall–Kier alpha value is -2.58. The lowest BCUT2D eigenvalue weighted by atomic mass is 10.3. The zero-order valence-corrected chi connectivity index (χ0v) is 10.7. The highest BCUT2D eigenvalue weighted by Crippen LogP contribution is 2.20. The van der Waals surface area contributed by atoms with E-state index in [1.807, 2.05) is 0 Å². The number of benzene rings is 1. The second-order valence-electron chi connectivity index (χ2n) is 4.09. The molecule has 9 heteroatoms. The maximum atomic E-state index is 13.1. The van der Waals surface area contributed by atoms with Gasteiger partial charge in [-0.15, -0.1) is 0 Å². The Balaban J connectivity index is 2.35. The molecule has 0 aliphatic heterocycles. The Morgan fingerprint density at radius 2 is 1.65 bits per heavy atom. The molecule has 2 rings (SSSR count). The Bertz CT molecular complexity index is 623. The molecule has 0 fully saturated rings. The van der Waals surface area contributed by atoms with Gasteiger partial charge >= 0.3 is 0 Å². The van der Waals surface area contributed by atoms with E-state index >= 15 is 0 Å². The van der Waals surface area contributed by atoms with Crippen molar-refractivity contribution in [2.75, 3.05) is 30.0 Å². The first-order valence-electron chi connectivity index (χ1n) is 5.47. The van der Waals surface area contributed by atoms with Crippen LogP contribution in [0.4, 0.5) is 36.7 Å². The molecule has 1 aromatic heterocycles. The molecule has 2 aromatic rings. The molecule has 0 unspecified atom stereocenters. The first-order chi connectivity index (χ1) is 9.36. The molecule has 0 amide bonds. The molecule has 0 aliphatic rings. The number of nitrogens with two attached hydrogens (primary N) is 1. The van der Waals surface area contributed by atoms with Gasteiger partial charge in [-0.3, -0.25) is 0 Å². The van der Waals surface area contributed by atoms with Gasteiger partial charge in [0.15, 0.2) is 17.5 Å². The second-order valence-corrected chi connectivity index (χ2v) is 4.09. The minimum atomic E-state index is -1.54. The maximum Gasteiger partial charge on any atom is 0.233 e. The predicted octanol–water partition coefficient (Wildman–Crippen LogP) is 1.68. The smallest absolute Gasteiger partial charge is 0.233 e. The van der Waals surface area contributed by atoms with Gasteiger partial charge in [-0.05, 0) is 0 Å². The molecule has 0 aliphatic carbocycles. The number of hydrogen-bond acceptors (Lipinski definition) is 6. The van der Waals surface area contributed by atoms with E-state index < -0.39 is 17.5 Å². The summed E-state index contributed by atoms with van der Waals surface area (Å²) in [5, 5.41) is 2.53. The molecule has 1 aromatic carbocycles. The fourth-order valence-electron chi connectivity index (χ4n) is 1.39. The van der Waals surface area contributed by atoms with Crippen LogP contribution in [0.15, 0.2) is 12.1 Å². The van der Waals surface area contributed by atoms with E-state index in [4.69, 9.17) is 5.73 Å². The molecule has 106 valence electrons. The van der Waals surface area contributed by atoms with Crippen molar-refractivity contribution >= 4 is 23.5 Å². The topological polar surface area (TPSA) is 80.0 Å². The van der Waals surface area contributed by atoms with Gasteiger partial charge in [0.2, 0.25) is 17.8 Å². The second kappa shape index (κ2) is 5.19. The van der Waals surface area contributed by atoms with E-state index in [1.54, 1.807) is 19.0 Å². The normalized spacial score (nSPS) is 10.4. The van der Waals surface area contributed by atoms with Gasteiger partial charge in [0.05, 0.1) is 0 Å². The van der Waals surface area contributed by atoms with E-state index in [9.17, 15) is 13.2 Å². The summed E-state index contributed by atoms with van der Waals surface area (Å²) < 4.78 is 39.0. The van der Waals surface area contributed by atoms with Crippen molar-refractivity contribution in [3.63, 3.8) is 0 Å². The number of nitrogen functional groups attached to an aromatic ring is 1. The van der Waals surface area contributed by atoms with Crippen molar-refractivity contribution in [1.82, 2.24) is 15.0 Å². The van der Waals surface area contributed by atoms with Gasteiger partial charge in [-0.25, -0.2) is 13.2 Å². The van der Waals surface area contributed by atoms with Crippen LogP contribution in [0.25, 0.3) is 0 Å². The summed E-state index contributed by atoms with van der Waals surface area (Å²) in [5.74, 6) is -3.98. The van der Waals surface area contributed by atoms with Crippen molar-refractivity contribution in [3.8, 4) is 0 Å². The van der Waals surface area contributed by atoms with E-state index in [2.05, 4.69) is 20.3 Å². The summed E-state index contributed by atoms with van der Waals surface area (Å²) in [6.45, 7) is 0. The Morgan fingerprint density at radius 3 is 2.20 bits per heavy atom. The Labute approximate surface area is 112 Å². The van der Waals surface area contributed by atoms with Crippen molar-refractivity contribution in [3.05, 3.63) is 29.6 Å². The van der Waals surface area contributed by atoms with Crippen LogP contribution in [0.1, 0.15) is 0 Å². The number of nitrogens with zero attached hydrogens (tertiary/aromatic N) is 4. The van der Waals surface area contributed by atoms with Crippen molar-refractivity contribution in [2.45, 2.75) is 0 Å². The van der Waals surface area contributed by atoms with Crippen LogP contribution in [-0.4, -0.2) is 29.0 Å². The zero-order valence-electron chi connectivity index (χ0n) is 10.7. The van der Waals surface area contributed by atoms with Crippen molar-refractivity contribution in [2.24, 2.45) is 0 Å². The molecule has 3 N–H and O–H groups in total. The van der Waals surface area contributed by atoms with E-state index in [1.165, 1.54) is 0 Å². The highest BCUT2D eigenvalue weighted by Gasteiger charge is 2.12. The predicted molar refractivity (Wildman–Crippen MR) is 68.2 cm³/mol. The standard InChI is InChI=1S/C11H11F3N6/c1-20(2)11-18-9(15)17-10(19-11)16-5-3-6(12)8(14)7(13)4-5/h3-4H,1-2H3,(H3,15,16,17,18,19). The third-order valence-electron chi connectivity index (χ3n) is 2.28. The molecule has 0 radical (unpaired) electrons. The molecule has 6 nitrogen and oxygen atoms in total. The summed E-state index contributed by atoms with van der Waals surface area (Å²) in [4.78, 5) is 13.2. The summed E-state index contributed by atoms with van der Waals surface area (Å²) in [6, 6.07) is 1.57. The van der Waals surface area contributed by atoms with Crippen LogP contribution >= 0.6 is 0 Å². The van der Waals surface area contributed by atoms with Crippen LogP contribution < -0.4 is 16.0 Å². The summed E-state index contributed by atoms with van der Waals surface area (Å²) in [6.07, 6.45) is 0.